The first-order valence-corrected chi connectivity index (χ1v) is 5.88. The van der Waals surface area contributed by atoms with E-state index in [-0.39, 0.29) is 5.69 Å². The molecule has 0 radical (unpaired) electrons. The number of nitrogens with two attached hydrogens (primary N) is 1. The van der Waals surface area contributed by atoms with Crippen LogP contribution >= 0.6 is 0 Å². The standard InChI is InChI=1S/C12H12N6O2/c1-7-11-4-8(2-3-10(11)12(13)16-15-7)17-6-9(5-14-17)18(19)20/h2-6,15-16H,13H2,1H3. The molecule has 2 aromatic rings. The van der Waals surface area contributed by atoms with Crippen LogP contribution in [0.15, 0.2) is 30.6 Å². The van der Waals surface area contributed by atoms with Gasteiger partial charge in [0.2, 0.25) is 0 Å². The SMILES string of the molecule is CC1=c2cc(-n3cc([N+](=O)[O-])cn3)ccc2=C(N)NN1. The van der Waals surface area contributed by atoms with Gasteiger partial charge in [0.25, 0.3) is 0 Å². The van der Waals surface area contributed by atoms with Crippen molar-refractivity contribution in [2.75, 3.05) is 0 Å². The molecule has 0 unspecified atom stereocenters. The van der Waals surface area contributed by atoms with Gasteiger partial charge < -0.3 is 11.2 Å². The Morgan fingerprint density at radius 1 is 1.35 bits per heavy atom. The summed E-state index contributed by atoms with van der Waals surface area (Å²) in [5.74, 6) is 0.531. The number of hydrogen-bond acceptors (Lipinski definition) is 6. The summed E-state index contributed by atoms with van der Waals surface area (Å²) in [6.45, 7) is 1.91. The Kier molecular flexibility index (Phi) is 2.56. The summed E-state index contributed by atoms with van der Waals surface area (Å²) in [6.07, 6.45) is 2.59. The Bertz CT molecular complexity index is 823. The fourth-order valence-corrected chi connectivity index (χ4v) is 2.06. The summed E-state index contributed by atoms with van der Waals surface area (Å²) in [6, 6.07) is 5.54. The van der Waals surface area contributed by atoms with Crippen molar-refractivity contribution in [2.45, 2.75) is 6.92 Å². The number of nitrogens with zero attached hydrogens (tertiary/aromatic N) is 3. The number of hydrazine groups is 1. The van der Waals surface area contributed by atoms with Crippen molar-refractivity contribution in [3.8, 4) is 5.69 Å². The van der Waals surface area contributed by atoms with E-state index >= 15 is 0 Å². The normalized spacial score (nSPS) is 13.4. The second-order valence-electron chi connectivity index (χ2n) is 4.42. The molecule has 0 aliphatic carbocycles. The third-order valence-corrected chi connectivity index (χ3v) is 3.13. The van der Waals surface area contributed by atoms with Gasteiger partial charge in [-0.3, -0.25) is 15.5 Å². The van der Waals surface area contributed by atoms with Crippen LogP contribution in [0, 0.1) is 10.1 Å². The van der Waals surface area contributed by atoms with Crippen LogP contribution in [0.25, 0.3) is 17.2 Å². The van der Waals surface area contributed by atoms with E-state index in [2.05, 4.69) is 16.0 Å². The van der Waals surface area contributed by atoms with Crippen LogP contribution in [0.1, 0.15) is 6.92 Å². The lowest BCUT2D eigenvalue weighted by atomic mass is 10.1. The number of benzene rings is 1. The number of nitrogens with one attached hydrogen (secondary N) is 2. The Hall–Kier alpha value is -3.03. The molecular weight excluding hydrogens is 260 g/mol. The molecule has 0 saturated heterocycles. The predicted octanol–water partition coefficient (Wildman–Crippen LogP) is -0.959. The van der Waals surface area contributed by atoms with Gasteiger partial charge in [0.1, 0.15) is 18.2 Å². The highest BCUT2D eigenvalue weighted by atomic mass is 16.6. The maximum Gasteiger partial charge on any atom is 0.307 e. The monoisotopic (exact) mass is 272 g/mol. The van der Waals surface area contributed by atoms with Gasteiger partial charge in [0, 0.05) is 16.1 Å². The predicted molar refractivity (Wildman–Crippen MR) is 72.4 cm³/mol. The molecule has 1 aromatic heterocycles. The van der Waals surface area contributed by atoms with Crippen molar-refractivity contribution in [1.82, 2.24) is 20.6 Å². The molecule has 0 amide bonds. The zero-order valence-electron chi connectivity index (χ0n) is 10.6. The average molecular weight is 272 g/mol. The molecule has 0 spiro atoms. The first-order chi connectivity index (χ1) is 9.56. The fourth-order valence-electron chi connectivity index (χ4n) is 2.06. The first kappa shape index (κ1) is 12.0. The number of rotatable bonds is 2. The zero-order chi connectivity index (χ0) is 14.3. The molecule has 0 saturated carbocycles. The Morgan fingerprint density at radius 3 is 2.85 bits per heavy atom. The number of aromatic nitrogens is 2. The van der Waals surface area contributed by atoms with Crippen LogP contribution in [0.4, 0.5) is 5.69 Å². The van der Waals surface area contributed by atoms with E-state index in [1.165, 1.54) is 17.1 Å². The molecule has 1 aromatic carbocycles. The van der Waals surface area contributed by atoms with Gasteiger partial charge in [-0.05, 0) is 25.1 Å². The van der Waals surface area contributed by atoms with Gasteiger partial charge in [0.15, 0.2) is 0 Å². The Morgan fingerprint density at radius 2 is 2.15 bits per heavy atom. The van der Waals surface area contributed by atoms with Gasteiger partial charge in [-0.2, -0.15) is 5.10 Å². The Balaban J connectivity index is 2.18. The van der Waals surface area contributed by atoms with E-state index in [1.54, 1.807) is 0 Å². The van der Waals surface area contributed by atoms with Gasteiger partial charge >= 0.3 is 5.69 Å². The summed E-state index contributed by atoms with van der Waals surface area (Å²) < 4.78 is 1.46. The van der Waals surface area contributed by atoms with Crippen molar-refractivity contribution >= 4 is 17.2 Å². The molecule has 4 N–H and O–H groups in total. The first-order valence-electron chi connectivity index (χ1n) is 5.88. The molecule has 0 bridgehead atoms. The molecule has 8 nitrogen and oxygen atoms in total. The average Bonchev–Trinajstić information content (AvgIpc) is 2.93. The summed E-state index contributed by atoms with van der Waals surface area (Å²) in [4.78, 5) is 10.2. The van der Waals surface area contributed by atoms with E-state index in [1.807, 2.05) is 25.1 Å². The van der Waals surface area contributed by atoms with Crippen LogP contribution in [0.3, 0.4) is 0 Å². The lowest BCUT2D eigenvalue weighted by Gasteiger charge is -2.16. The largest absolute Gasteiger partial charge is 0.384 e. The van der Waals surface area contributed by atoms with Crippen LogP contribution in [-0.4, -0.2) is 14.7 Å². The summed E-state index contributed by atoms with van der Waals surface area (Å²) in [5.41, 5.74) is 13.3. The third-order valence-electron chi connectivity index (χ3n) is 3.13. The van der Waals surface area contributed by atoms with E-state index in [9.17, 15) is 10.1 Å². The van der Waals surface area contributed by atoms with E-state index in [0.29, 0.717) is 5.82 Å². The number of hydrogen-bond donors (Lipinski definition) is 3. The molecule has 3 rings (SSSR count). The van der Waals surface area contributed by atoms with Crippen molar-refractivity contribution in [1.29, 1.82) is 0 Å². The highest BCUT2D eigenvalue weighted by Gasteiger charge is 2.11. The van der Waals surface area contributed by atoms with Crippen LogP contribution in [0.5, 0.6) is 0 Å². The molecule has 0 fully saturated rings. The highest BCUT2D eigenvalue weighted by molar-refractivity contribution is 5.53. The molecule has 1 aliphatic heterocycles. The van der Waals surface area contributed by atoms with Crippen LogP contribution in [-0.2, 0) is 0 Å². The Labute approximate surface area is 113 Å². The fraction of sp³-hybridized carbons (Fsp3) is 0.0833. The van der Waals surface area contributed by atoms with Crippen molar-refractivity contribution in [3.63, 3.8) is 0 Å². The van der Waals surface area contributed by atoms with E-state index in [0.717, 1.165) is 21.8 Å². The van der Waals surface area contributed by atoms with Gasteiger partial charge in [-0.25, -0.2) is 4.68 Å². The van der Waals surface area contributed by atoms with Crippen LogP contribution < -0.4 is 27.0 Å². The number of nitro groups is 1. The summed E-state index contributed by atoms with van der Waals surface area (Å²) in [5, 5.41) is 16.5. The van der Waals surface area contributed by atoms with Gasteiger partial charge in [0.05, 0.1) is 10.6 Å². The maximum atomic E-state index is 10.7. The minimum Gasteiger partial charge on any atom is -0.384 e. The minimum atomic E-state index is -0.476. The molecule has 20 heavy (non-hydrogen) atoms. The third kappa shape index (κ3) is 1.83. The zero-order valence-corrected chi connectivity index (χ0v) is 10.6. The molecular formula is C12H12N6O2. The van der Waals surface area contributed by atoms with Crippen molar-refractivity contribution in [2.24, 2.45) is 5.73 Å². The minimum absolute atomic E-state index is 0.0470. The summed E-state index contributed by atoms with van der Waals surface area (Å²) in [7, 11) is 0. The van der Waals surface area contributed by atoms with Crippen molar-refractivity contribution < 1.29 is 4.92 Å². The van der Waals surface area contributed by atoms with Crippen LogP contribution in [0.2, 0.25) is 0 Å². The number of fused-ring (bicyclic) bond motifs is 1. The van der Waals surface area contributed by atoms with E-state index < -0.39 is 4.92 Å². The topological polar surface area (TPSA) is 111 Å². The molecule has 102 valence electrons. The molecule has 2 heterocycles. The molecule has 8 heteroatoms. The maximum absolute atomic E-state index is 10.7. The summed E-state index contributed by atoms with van der Waals surface area (Å²) >= 11 is 0. The van der Waals surface area contributed by atoms with Crippen molar-refractivity contribution in [3.05, 3.63) is 51.1 Å². The lowest BCUT2D eigenvalue weighted by Crippen LogP contribution is -2.48. The highest BCUT2D eigenvalue weighted by Crippen LogP contribution is 2.11. The van der Waals surface area contributed by atoms with Gasteiger partial charge in [-0.15, -0.1) is 0 Å². The molecule has 1 aliphatic rings. The molecule has 0 atom stereocenters. The lowest BCUT2D eigenvalue weighted by molar-refractivity contribution is -0.384. The smallest absolute Gasteiger partial charge is 0.307 e. The second-order valence-corrected chi connectivity index (χ2v) is 4.42. The van der Waals surface area contributed by atoms with E-state index in [4.69, 9.17) is 5.73 Å². The second kappa shape index (κ2) is 4.26. The van der Waals surface area contributed by atoms with Gasteiger partial charge in [-0.1, -0.05) is 0 Å². The quantitative estimate of drug-likeness (QED) is 0.479.